The molecule has 21 heavy (non-hydrogen) atoms. The summed E-state index contributed by atoms with van der Waals surface area (Å²) in [6.45, 7) is 3.26. The Morgan fingerprint density at radius 2 is 1.95 bits per heavy atom. The third kappa shape index (κ3) is 4.07. The van der Waals surface area contributed by atoms with E-state index in [0.29, 0.717) is 26.2 Å². The van der Waals surface area contributed by atoms with Crippen LogP contribution < -0.4 is 5.32 Å². The first-order valence-electron chi connectivity index (χ1n) is 7.63. The molecule has 2 fully saturated rings. The van der Waals surface area contributed by atoms with Gasteiger partial charge in [0.15, 0.2) is 0 Å². The Balaban J connectivity index is 1.77. The Labute approximate surface area is 125 Å². The number of hydrogen-bond acceptors (Lipinski definition) is 4. The van der Waals surface area contributed by atoms with E-state index in [9.17, 15) is 14.7 Å². The average Bonchev–Trinajstić information content (AvgIpc) is 2.97. The van der Waals surface area contributed by atoms with Crippen molar-refractivity contribution >= 4 is 12.0 Å². The van der Waals surface area contributed by atoms with Gasteiger partial charge < -0.3 is 20.1 Å². The normalized spacial score (nSPS) is 24.2. The number of carbonyl (C=O) groups is 2. The van der Waals surface area contributed by atoms with E-state index in [1.165, 1.54) is 0 Å². The maximum absolute atomic E-state index is 11.9. The van der Waals surface area contributed by atoms with E-state index >= 15 is 0 Å². The average molecular weight is 299 g/mol. The van der Waals surface area contributed by atoms with Gasteiger partial charge in [-0.15, -0.1) is 0 Å². The van der Waals surface area contributed by atoms with Crippen LogP contribution in [0.1, 0.15) is 25.7 Å². The predicted octanol–water partition coefficient (Wildman–Crippen LogP) is 0.356. The molecule has 7 heteroatoms. The van der Waals surface area contributed by atoms with Crippen molar-refractivity contribution in [1.82, 2.24) is 15.1 Å². The lowest BCUT2D eigenvalue weighted by atomic mass is 10.0. The van der Waals surface area contributed by atoms with Crippen molar-refractivity contribution < 1.29 is 19.4 Å². The zero-order chi connectivity index (χ0) is 15.2. The Morgan fingerprint density at radius 3 is 2.57 bits per heavy atom. The number of carboxylic acids is 1. The lowest BCUT2D eigenvalue weighted by Crippen LogP contribution is -2.52. The molecular formula is C14H25N3O4. The van der Waals surface area contributed by atoms with Crippen LogP contribution in [0.2, 0.25) is 0 Å². The van der Waals surface area contributed by atoms with Crippen LogP contribution in [0.4, 0.5) is 4.79 Å². The molecule has 0 aliphatic carbocycles. The summed E-state index contributed by atoms with van der Waals surface area (Å²) >= 11 is 0. The van der Waals surface area contributed by atoms with Crippen LogP contribution in [0, 0.1) is 0 Å². The van der Waals surface area contributed by atoms with Crippen LogP contribution in [-0.4, -0.2) is 78.9 Å². The quantitative estimate of drug-likeness (QED) is 0.716. The molecule has 2 N–H and O–H groups in total. The minimum absolute atomic E-state index is 0.0540. The number of carboxylic acid groups (broad SMARTS) is 1. The number of urea groups is 1. The summed E-state index contributed by atoms with van der Waals surface area (Å²) in [5, 5.41) is 12.1. The second-order valence-electron chi connectivity index (χ2n) is 5.68. The van der Waals surface area contributed by atoms with Gasteiger partial charge in [0, 0.05) is 32.8 Å². The van der Waals surface area contributed by atoms with E-state index in [1.54, 1.807) is 12.0 Å². The van der Waals surface area contributed by atoms with Crippen molar-refractivity contribution in [2.45, 2.75) is 37.8 Å². The molecule has 1 unspecified atom stereocenters. The number of rotatable bonds is 5. The molecule has 2 aliphatic heterocycles. The third-order valence-corrected chi connectivity index (χ3v) is 4.38. The Hall–Kier alpha value is -1.34. The minimum atomic E-state index is -0.716. The lowest BCUT2D eigenvalue weighted by molar-refractivity contribution is -0.143. The minimum Gasteiger partial charge on any atom is -0.480 e. The molecule has 2 heterocycles. The van der Waals surface area contributed by atoms with Crippen molar-refractivity contribution in [3.63, 3.8) is 0 Å². The van der Waals surface area contributed by atoms with Crippen LogP contribution in [-0.2, 0) is 9.53 Å². The SMILES string of the molecule is COCCNC(=O)N1CCC(N2CCCC2C(=O)O)CC1. The molecule has 2 amide bonds. The van der Waals surface area contributed by atoms with E-state index in [4.69, 9.17) is 4.74 Å². The number of nitrogens with one attached hydrogen (secondary N) is 1. The fourth-order valence-electron chi connectivity index (χ4n) is 3.26. The molecule has 0 bridgehead atoms. The van der Waals surface area contributed by atoms with E-state index in [2.05, 4.69) is 10.2 Å². The molecule has 1 atom stereocenters. The monoisotopic (exact) mass is 299 g/mol. The Morgan fingerprint density at radius 1 is 1.24 bits per heavy atom. The van der Waals surface area contributed by atoms with Crippen molar-refractivity contribution in [2.24, 2.45) is 0 Å². The first-order valence-corrected chi connectivity index (χ1v) is 7.63. The van der Waals surface area contributed by atoms with Gasteiger partial charge in [-0.2, -0.15) is 0 Å². The maximum Gasteiger partial charge on any atom is 0.320 e. The summed E-state index contributed by atoms with van der Waals surface area (Å²) in [7, 11) is 1.60. The molecule has 0 aromatic rings. The van der Waals surface area contributed by atoms with Crippen LogP contribution in [0.3, 0.4) is 0 Å². The number of amides is 2. The molecule has 0 aromatic heterocycles. The van der Waals surface area contributed by atoms with E-state index in [1.807, 2.05) is 0 Å². The van der Waals surface area contributed by atoms with Crippen LogP contribution in [0.5, 0.6) is 0 Å². The second kappa shape index (κ2) is 7.61. The number of piperidine rings is 1. The topological polar surface area (TPSA) is 82.1 Å². The van der Waals surface area contributed by atoms with Gasteiger partial charge in [-0.1, -0.05) is 0 Å². The first-order chi connectivity index (χ1) is 10.1. The second-order valence-corrected chi connectivity index (χ2v) is 5.68. The summed E-state index contributed by atoms with van der Waals surface area (Å²) in [6.07, 6.45) is 3.39. The maximum atomic E-state index is 11.9. The fraction of sp³-hybridized carbons (Fsp3) is 0.857. The number of likely N-dealkylation sites (tertiary alicyclic amines) is 2. The van der Waals surface area contributed by atoms with Crippen molar-refractivity contribution in [3.8, 4) is 0 Å². The molecular weight excluding hydrogens is 274 g/mol. The van der Waals surface area contributed by atoms with Gasteiger partial charge >= 0.3 is 12.0 Å². The molecule has 2 aliphatic rings. The summed E-state index contributed by atoms with van der Waals surface area (Å²) < 4.78 is 4.90. The van der Waals surface area contributed by atoms with Crippen molar-refractivity contribution in [2.75, 3.05) is 39.9 Å². The number of aliphatic carboxylic acids is 1. The molecule has 0 aromatic carbocycles. The molecule has 120 valence electrons. The van der Waals surface area contributed by atoms with Gasteiger partial charge in [-0.3, -0.25) is 9.69 Å². The van der Waals surface area contributed by atoms with Crippen molar-refractivity contribution in [1.29, 1.82) is 0 Å². The van der Waals surface area contributed by atoms with E-state index in [-0.39, 0.29) is 18.1 Å². The highest BCUT2D eigenvalue weighted by Gasteiger charge is 2.37. The fourth-order valence-corrected chi connectivity index (χ4v) is 3.26. The van der Waals surface area contributed by atoms with E-state index < -0.39 is 5.97 Å². The Kier molecular flexibility index (Phi) is 5.81. The number of hydrogen-bond donors (Lipinski definition) is 2. The largest absolute Gasteiger partial charge is 0.480 e. The van der Waals surface area contributed by atoms with Gasteiger partial charge in [0.25, 0.3) is 0 Å². The predicted molar refractivity (Wildman–Crippen MR) is 77.2 cm³/mol. The van der Waals surface area contributed by atoms with Crippen LogP contribution in [0.25, 0.3) is 0 Å². The number of nitrogens with zero attached hydrogens (tertiary/aromatic N) is 2. The van der Waals surface area contributed by atoms with Gasteiger partial charge in [0.2, 0.25) is 0 Å². The standard InChI is InChI=1S/C14H25N3O4/c1-21-10-6-15-14(20)16-8-4-11(5-9-16)17-7-2-3-12(17)13(18)19/h11-12H,2-10H2,1H3,(H,15,20)(H,18,19). The third-order valence-electron chi connectivity index (χ3n) is 4.38. The molecule has 0 spiro atoms. The van der Waals surface area contributed by atoms with Gasteiger partial charge in [0.1, 0.15) is 6.04 Å². The number of methoxy groups -OCH3 is 1. The highest BCUT2D eigenvalue weighted by molar-refractivity contribution is 5.74. The van der Waals surface area contributed by atoms with E-state index in [0.717, 1.165) is 32.2 Å². The molecule has 2 rings (SSSR count). The zero-order valence-electron chi connectivity index (χ0n) is 12.6. The highest BCUT2D eigenvalue weighted by atomic mass is 16.5. The molecule has 0 saturated carbocycles. The van der Waals surface area contributed by atoms with Crippen LogP contribution >= 0.6 is 0 Å². The highest BCUT2D eigenvalue weighted by Crippen LogP contribution is 2.26. The first kappa shape index (κ1) is 16.0. The lowest BCUT2D eigenvalue weighted by Gasteiger charge is -2.38. The van der Waals surface area contributed by atoms with Gasteiger partial charge in [-0.25, -0.2) is 4.79 Å². The Bertz CT molecular complexity index is 369. The number of ether oxygens (including phenoxy) is 1. The summed E-state index contributed by atoms with van der Waals surface area (Å²) in [5.74, 6) is -0.716. The van der Waals surface area contributed by atoms with Crippen molar-refractivity contribution in [3.05, 3.63) is 0 Å². The molecule has 7 nitrogen and oxygen atoms in total. The van der Waals surface area contributed by atoms with Gasteiger partial charge in [0.05, 0.1) is 6.61 Å². The molecule has 0 radical (unpaired) electrons. The van der Waals surface area contributed by atoms with Crippen LogP contribution in [0.15, 0.2) is 0 Å². The summed E-state index contributed by atoms with van der Waals surface area (Å²) in [4.78, 5) is 27.1. The van der Waals surface area contributed by atoms with Gasteiger partial charge in [-0.05, 0) is 32.2 Å². The summed E-state index contributed by atoms with van der Waals surface area (Å²) in [5.41, 5.74) is 0. The summed E-state index contributed by atoms with van der Waals surface area (Å²) in [6, 6.07) is -0.101. The molecule has 2 saturated heterocycles. The smallest absolute Gasteiger partial charge is 0.320 e. The zero-order valence-corrected chi connectivity index (χ0v) is 12.6. The number of carbonyl (C=O) groups excluding carboxylic acids is 1.